The number of hydrogen-bond donors (Lipinski definition) is 1. The fourth-order valence-corrected chi connectivity index (χ4v) is 3.16. The highest BCUT2D eigenvalue weighted by Gasteiger charge is 2.36. The Morgan fingerprint density at radius 1 is 1.19 bits per heavy atom. The molecule has 1 aliphatic rings. The van der Waals surface area contributed by atoms with Crippen molar-refractivity contribution < 1.29 is 18.4 Å². The summed E-state index contributed by atoms with van der Waals surface area (Å²) in [5, 5.41) is 2.49. The number of carbonyl (C=O) groups excluding carboxylic acids is 2. The van der Waals surface area contributed by atoms with Crippen LogP contribution in [-0.4, -0.2) is 22.8 Å². The number of fused-ring (bicyclic) bond motifs is 1. The summed E-state index contributed by atoms with van der Waals surface area (Å²) >= 11 is 0. The molecule has 0 radical (unpaired) electrons. The lowest BCUT2D eigenvalue weighted by Crippen LogP contribution is -2.45. The van der Waals surface area contributed by atoms with Gasteiger partial charge in [-0.1, -0.05) is 32.0 Å². The van der Waals surface area contributed by atoms with E-state index >= 15 is 0 Å². The van der Waals surface area contributed by atoms with Gasteiger partial charge in [0.25, 0.3) is 5.91 Å². The molecule has 2 amide bonds. The molecular weight excluding hydrogens is 338 g/mol. The van der Waals surface area contributed by atoms with Crippen molar-refractivity contribution in [2.24, 2.45) is 5.92 Å². The summed E-state index contributed by atoms with van der Waals surface area (Å²) in [5.41, 5.74) is 1.35. The van der Waals surface area contributed by atoms with Crippen LogP contribution in [0.2, 0.25) is 0 Å². The number of carbonyl (C=O) groups is 2. The molecule has 1 aliphatic heterocycles. The average Bonchev–Trinajstić information content (AvgIpc) is 2.92. The maximum atomic E-state index is 13.9. The summed E-state index contributed by atoms with van der Waals surface area (Å²) in [7, 11) is 0. The van der Waals surface area contributed by atoms with E-state index in [0.29, 0.717) is 24.6 Å². The molecule has 136 valence electrons. The average molecular weight is 358 g/mol. The Balaban J connectivity index is 1.84. The summed E-state index contributed by atoms with van der Waals surface area (Å²) in [5.74, 6) is -2.10. The molecule has 26 heavy (non-hydrogen) atoms. The lowest BCUT2D eigenvalue weighted by molar-refractivity contribution is -0.121. The Morgan fingerprint density at radius 3 is 2.58 bits per heavy atom. The zero-order valence-electron chi connectivity index (χ0n) is 14.6. The van der Waals surface area contributed by atoms with Crippen molar-refractivity contribution >= 4 is 17.5 Å². The molecule has 0 aliphatic carbocycles. The fraction of sp³-hybridized carbons (Fsp3) is 0.300. The molecule has 0 saturated heterocycles. The van der Waals surface area contributed by atoms with Gasteiger partial charge < -0.3 is 10.2 Å². The molecule has 4 nitrogen and oxygen atoms in total. The predicted molar refractivity (Wildman–Crippen MR) is 94.5 cm³/mol. The van der Waals surface area contributed by atoms with Gasteiger partial charge in [0.05, 0.1) is 5.69 Å². The normalized spacial score (nSPS) is 14.5. The summed E-state index contributed by atoms with van der Waals surface area (Å²) in [4.78, 5) is 27.0. The molecule has 2 aromatic carbocycles. The third-order valence-corrected chi connectivity index (χ3v) is 4.41. The number of benzene rings is 2. The molecule has 1 heterocycles. The first-order valence-corrected chi connectivity index (χ1v) is 8.51. The van der Waals surface area contributed by atoms with Crippen LogP contribution in [0.4, 0.5) is 14.5 Å². The van der Waals surface area contributed by atoms with Crippen molar-refractivity contribution in [2.75, 3.05) is 5.32 Å². The molecule has 3 rings (SSSR count). The topological polar surface area (TPSA) is 49.4 Å². The monoisotopic (exact) mass is 358 g/mol. The van der Waals surface area contributed by atoms with E-state index in [9.17, 15) is 18.4 Å². The SMILES string of the molecule is CC(C)CC(C(=O)Nc1ccc(F)cc1F)N1Cc2ccccc2C1=O. The Bertz CT molecular complexity index is 851. The van der Waals surface area contributed by atoms with Crippen molar-refractivity contribution in [3.8, 4) is 0 Å². The van der Waals surface area contributed by atoms with Gasteiger partial charge in [0.1, 0.15) is 17.7 Å². The smallest absolute Gasteiger partial charge is 0.255 e. The van der Waals surface area contributed by atoms with Crippen LogP contribution in [0.5, 0.6) is 0 Å². The van der Waals surface area contributed by atoms with E-state index in [0.717, 1.165) is 11.6 Å². The van der Waals surface area contributed by atoms with Crippen LogP contribution in [-0.2, 0) is 11.3 Å². The number of rotatable bonds is 5. The molecule has 6 heteroatoms. The van der Waals surface area contributed by atoms with E-state index < -0.39 is 23.6 Å². The first kappa shape index (κ1) is 18.0. The van der Waals surface area contributed by atoms with Crippen molar-refractivity contribution in [3.63, 3.8) is 0 Å². The maximum Gasteiger partial charge on any atom is 0.255 e. The van der Waals surface area contributed by atoms with E-state index in [1.165, 1.54) is 11.0 Å². The van der Waals surface area contributed by atoms with E-state index in [1.54, 1.807) is 12.1 Å². The zero-order valence-corrected chi connectivity index (χ0v) is 14.6. The number of nitrogens with zero attached hydrogens (tertiary/aromatic N) is 1. The van der Waals surface area contributed by atoms with E-state index in [2.05, 4.69) is 5.32 Å². The van der Waals surface area contributed by atoms with Crippen LogP contribution in [0.3, 0.4) is 0 Å². The first-order chi connectivity index (χ1) is 12.4. The maximum absolute atomic E-state index is 13.9. The van der Waals surface area contributed by atoms with Crippen molar-refractivity contribution in [1.29, 1.82) is 0 Å². The second-order valence-corrected chi connectivity index (χ2v) is 6.85. The minimum Gasteiger partial charge on any atom is -0.322 e. The largest absolute Gasteiger partial charge is 0.322 e. The minimum atomic E-state index is -0.849. The molecule has 1 unspecified atom stereocenters. The van der Waals surface area contributed by atoms with Gasteiger partial charge in [-0.3, -0.25) is 9.59 Å². The molecule has 1 atom stereocenters. The predicted octanol–water partition coefficient (Wildman–Crippen LogP) is 3.97. The van der Waals surface area contributed by atoms with E-state index in [1.807, 2.05) is 26.0 Å². The van der Waals surface area contributed by atoms with Gasteiger partial charge in [0.2, 0.25) is 5.91 Å². The number of amides is 2. The molecule has 0 aromatic heterocycles. The summed E-state index contributed by atoms with van der Waals surface area (Å²) in [6, 6.07) is 9.46. The molecule has 0 spiro atoms. The number of nitrogens with one attached hydrogen (secondary N) is 1. The summed E-state index contributed by atoms with van der Waals surface area (Å²) < 4.78 is 26.9. The molecule has 0 fully saturated rings. The van der Waals surface area contributed by atoms with Crippen LogP contribution in [0.25, 0.3) is 0 Å². The van der Waals surface area contributed by atoms with Crippen LogP contribution >= 0.6 is 0 Å². The second-order valence-electron chi connectivity index (χ2n) is 6.85. The highest BCUT2D eigenvalue weighted by Crippen LogP contribution is 2.27. The molecule has 2 aromatic rings. The van der Waals surface area contributed by atoms with Crippen molar-refractivity contribution in [2.45, 2.75) is 32.9 Å². The van der Waals surface area contributed by atoms with Crippen LogP contribution in [0.1, 0.15) is 36.2 Å². The Kier molecular flexibility index (Phi) is 5.02. The fourth-order valence-electron chi connectivity index (χ4n) is 3.16. The van der Waals surface area contributed by atoms with Gasteiger partial charge in [-0.2, -0.15) is 0 Å². The van der Waals surface area contributed by atoms with Gasteiger partial charge in [-0.25, -0.2) is 8.78 Å². The van der Waals surface area contributed by atoms with Crippen LogP contribution in [0, 0.1) is 17.6 Å². The van der Waals surface area contributed by atoms with Gasteiger partial charge in [-0.15, -0.1) is 0 Å². The van der Waals surface area contributed by atoms with Gasteiger partial charge in [0, 0.05) is 18.2 Å². The van der Waals surface area contributed by atoms with E-state index in [-0.39, 0.29) is 17.5 Å². The third-order valence-electron chi connectivity index (χ3n) is 4.41. The second kappa shape index (κ2) is 7.23. The summed E-state index contributed by atoms with van der Waals surface area (Å²) in [6.45, 7) is 4.24. The van der Waals surface area contributed by atoms with E-state index in [4.69, 9.17) is 0 Å². The third kappa shape index (κ3) is 3.59. The number of hydrogen-bond acceptors (Lipinski definition) is 2. The van der Waals surface area contributed by atoms with Crippen molar-refractivity contribution in [1.82, 2.24) is 4.90 Å². The number of halogens is 2. The highest BCUT2D eigenvalue weighted by atomic mass is 19.1. The lowest BCUT2D eigenvalue weighted by atomic mass is 10.0. The summed E-state index contributed by atoms with van der Waals surface area (Å²) in [6.07, 6.45) is 0.439. The standard InChI is InChI=1S/C20H20F2N2O2/c1-12(2)9-18(19(25)23-17-8-7-14(21)10-16(17)22)24-11-13-5-3-4-6-15(13)20(24)26/h3-8,10,12,18H,9,11H2,1-2H3,(H,23,25). The number of anilines is 1. The minimum absolute atomic E-state index is 0.102. The Labute approximate surface area is 150 Å². The van der Waals surface area contributed by atoms with Gasteiger partial charge in [0.15, 0.2) is 0 Å². The van der Waals surface area contributed by atoms with Gasteiger partial charge >= 0.3 is 0 Å². The van der Waals surface area contributed by atoms with Crippen molar-refractivity contribution in [3.05, 3.63) is 65.2 Å². The molecular formula is C20H20F2N2O2. The van der Waals surface area contributed by atoms with Crippen LogP contribution < -0.4 is 5.32 Å². The first-order valence-electron chi connectivity index (χ1n) is 8.51. The highest BCUT2D eigenvalue weighted by molar-refractivity contribution is 6.03. The van der Waals surface area contributed by atoms with Crippen LogP contribution in [0.15, 0.2) is 42.5 Å². The van der Waals surface area contributed by atoms with Gasteiger partial charge in [-0.05, 0) is 36.1 Å². The Morgan fingerprint density at radius 2 is 1.92 bits per heavy atom. The quantitative estimate of drug-likeness (QED) is 0.879. The molecule has 1 N–H and O–H groups in total. The zero-order chi connectivity index (χ0) is 18.8. The molecule has 0 saturated carbocycles. The molecule has 0 bridgehead atoms. The Hall–Kier alpha value is -2.76. The lowest BCUT2D eigenvalue weighted by Gasteiger charge is -2.28.